The largest absolute Gasteiger partial charge is 0.379 e. The number of hydrogen-bond donors (Lipinski definition) is 1. The Kier molecular flexibility index (Phi) is 6.47. The maximum Gasteiger partial charge on any atom is 0.257 e. The van der Waals surface area contributed by atoms with Gasteiger partial charge in [0.05, 0.1) is 40.1 Å². The van der Waals surface area contributed by atoms with E-state index in [1.807, 2.05) is 0 Å². The number of nitrogens with one attached hydrogen (secondary N) is 1. The SMILES string of the molecule is O=C(Nc1cc(S(=O)(=O)N2CCOCC2)ccc1N1CCCC1)c1ccc(F)cc1Cl. The lowest BCUT2D eigenvalue weighted by molar-refractivity contribution is 0.0730. The first-order valence-electron chi connectivity index (χ1n) is 10.1. The Morgan fingerprint density at radius 1 is 1.03 bits per heavy atom. The average molecular weight is 468 g/mol. The van der Waals surface area contributed by atoms with Crippen molar-refractivity contribution in [3.05, 3.63) is 52.8 Å². The Morgan fingerprint density at radius 3 is 2.42 bits per heavy atom. The number of sulfonamides is 1. The zero-order chi connectivity index (χ0) is 22.0. The molecular formula is C21H23ClFN3O4S. The zero-order valence-corrected chi connectivity index (χ0v) is 18.4. The molecule has 0 saturated carbocycles. The van der Waals surface area contributed by atoms with Gasteiger partial charge in [-0.1, -0.05) is 11.6 Å². The summed E-state index contributed by atoms with van der Waals surface area (Å²) in [4.78, 5) is 15.1. The third-order valence-electron chi connectivity index (χ3n) is 5.45. The molecule has 0 atom stereocenters. The Hall–Kier alpha value is -2.20. The zero-order valence-electron chi connectivity index (χ0n) is 16.8. The minimum atomic E-state index is -3.73. The van der Waals surface area contributed by atoms with E-state index in [4.69, 9.17) is 16.3 Å². The van der Waals surface area contributed by atoms with Crippen LogP contribution >= 0.6 is 11.6 Å². The lowest BCUT2D eigenvalue weighted by Gasteiger charge is -2.27. The van der Waals surface area contributed by atoms with Gasteiger partial charge in [0, 0.05) is 26.2 Å². The third kappa shape index (κ3) is 4.69. The quantitative estimate of drug-likeness (QED) is 0.729. The molecule has 2 aromatic rings. The fraction of sp³-hybridized carbons (Fsp3) is 0.381. The van der Waals surface area contributed by atoms with Crippen LogP contribution in [0.2, 0.25) is 5.02 Å². The van der Waals surface area contributed by atoms with E-state index in [0.29, 0.717) is 18.9 Å². The molecule has 7 nitrogen and oxygen atoms in total. The van der Waals surface area contributed by atoms with Crippen molar-refractivity contribution in [2.24, 2.45) is 0 Å². The Bertz CT molecular complexity index is 1080. The number of carbonyl (C=O) groups is 1. The van der Waals surface area contributed by atoms with Crippen LogP contribution in [0.4, 0.5) is 15.8 Å². The Labute approximate surface area is 185 Å². The number of rotatable bonds is 5. The topological polar surface area (TPSA) is 79.0 Å². The van der Waals surface area contributed by atoms with Gasteiger partial charge in [-0.15, -0.1) is 0 Å². The number of ether oxygens (including phenoxy) is 1. The molecule has 2 saturated heterocycles. The second-order valence-corrected chi connectivity index (χ2v) is 9.81. The molecule has 4 rings (SSSR count). The van der Waals surface area contributed by atoms with Crippen LogP contribution in [0, 0.1) is 5.82 Å². The molecule has 0 aliphatic carbocycles. The minimum Gasteiger partial charge on any atom is -0.379 e. The molecule has 0 spiro atoms. The van der Waals surface area contributed by atoms with Crippen LogP contribution in [0.3, 0.4) is 0 Å². The molecule has 2 aliphatic rings. The van der Waals surface area contributed by atoms with E-state index in [2.05, 4.69) is 10.2 Å². The maximum atomic E-state index is 13.4. The van der Waals surface area contributed by atoms with Gasteiger partial charge < -0.3 is 15.0 Å². The van der Waals surface area contributed by atoms with Crippen LogP contribution in [-0.2, 0) is 14.8 Å². The van der Waals surface area contributed by atoms with E-state index in [1.165, 1.54) is 16.4 Å². The molecule has 1 N–H and O–H groups in total. The standard InChI is InChI=1S/C21H23ClFN3O4S/c22-18-13-15(23)3-5-17(18)21(27)24-19-14-16(4-6-20(19)25-7-1-2-8-25)31(28,29)26-9-11-30-12-10-26/h3-6,13-14H,1-2,7-12H2,(H,24,27). The second-order valence-electron chi connectivity index (χ2n) is 7.47. The first-order valence-corrected chi connectivity index (χ1v) is 11.9. The number of hydrogen-bond acceptors (Lipinski definition) is 5. The number of nitrogens with zero attached hydrogens (tertiary/aromatic N) is 2. The van der Waals surface area contributed by atoms with Crippen molar-refractivity contribution in [3.63, 3.8) is 0 Å². The molecule has 2 aromatic carbocycles. The Morgan fingerprint density at radius 2 is 1.74 bits per heavy atom. The van der Waals surface area contributed by atoms with Gasteiger partial charge in [-0.2, -0.15) is 4.31 Å². The highest BCUT2D eigenvalue weighted by Gasteiger charge is 2.28. The molecule has 2 aliphatic heterocycles. The molecule has 0 aromatic heterocycles. The van der Waals surface area contributed by atoms with Crippen molar-refractivity contribution in [2.45, 2.75) is 17.7 Å². The fourth-order valence-electron chi connectivity index (χ4n) is 3.81. The van der Waals surface area contributed by atoms with Gasteiger partial charge in [-0.05, 0) is 49.2 Å². The lowest BCUT2D eigenvalue weighted by atomic mass is 10.2. The second kappa shape index (κ2) is 9.12. The number of carbonyl (C=O) groups excluding carboxylic acids is 1. The molecule has 0 radical (unpaired) electrons. The van der Waals surface area contributed by atoms with Gasteiger partial charge in [0.1, 0.15) is 5.82 Å². The summed E-state index contributed by atoms with van der Waals surface area (Å²) in [7, 11) is -3.73. The van der Waals surface area contributed by atoms with Crippen LogP contribution in [0.1, 0.15) is 23.2 Å². The van der Waals surface area contributed by atoms with Crippen LogP contribution in [0.5, 0.6) is 0 Å². The lowest BCUT2D eigenvalue weighted by Crippen LogP contribution is -2.40. The number of morpholine rings is 1. The predicted molar refractivity (Wildman–Crippen MR) is 117 cm³/mol. The van der Waals surface area contributed by atoms with Gasteiger partial charge in [-0.3, -0.25) is 4.79 Å². The summed E-state index contributed by atoms with van der Waals surface area (Å²) in [6, 6.07) is 8.29. The van der Waals surface area contributed by atoms with Gasteiger partial charge in [0.15, 0.2) is 0 Å². The van der Waals surface area contributed by atoms with E-state index in [-0.39, 0.29) is 28.6 Å². The molecule has 31 heavy (non-hydrogen) atoms. The monoisotopic (exact) mass is 467 g/mol. The summed E-state index contributed by atoms with van der Waals surface area (Å²) in [5.74, 6) is -1.08. The fourth-order valence-corrected chi connectivity index (χ4v) is 5.50. The molecule has 0 bridgehead atoms. The van der Waals surface area contributed by atoms with E-state index in [9.17, 15) is 17.6 Å². The van der Waals surface area contributed by atoms with Crippen molar-refractivity contribution >= 4 is 38.9 Å². The van der Waals surface area contributed by atoms with E-state index >= 15 is 0 Å². The van der Waals surface area contributed by atoms with Crippen LogP contribution in [-0.4, -0.2) is 58.0 Å². The number of anilines is 2. The summed E-state index contributed by atoms with van der Waals surface area (Å²) in [5, 5.41) is 2.77. The molecule has 166 valence electrons. The maximum absolute atomic E-state index is 13.4. The van der Waals surface area contributed by atoms with Gasteiger partial charge in [0.25, 0.3) is 5.91 Å². The third-order valence-corrected chi connectivity index (χ3v) is 7.65. The average Bonchev–Trinajstić information content (AvgIpc) is 3.29. The molecular weight excluding hydrogens is 445 g/mol. The first kappa shape index (κ1) is 22.0. The molecule has 2 fully saturated rings. The first-order chi connectivity index (χ1) is 14.9. The van der Waals surface area contributed by atoms with Gasteiger partial charge >= 0.3 is 0 Å². The predicted octanol–water partition coefficient (Wildman–Crippen LogP) is 3.35. The smallest absolute Gasteiger partial charge is 0.257 e. The van der Waals surface area contributed by atoms with Gasteiger partial charge in [-0.25, -0.2) is 12.8 Å². The number of halogens is 2. The van der Waals surface area contributed by atoms with E-state index < -0.39 is 21.7 Å². The van der Waals surface area contributed by atoms with Crippen molar-refractivity contribution in [3.8, 4) is 0 Å². The number of amides is 1. The summed E-state index contributed by atoms with van der Waals surface area (Å²) in [6.07, 6.45) is 2.04. The highest BCUT2D eigenvalue weighted by atomic mass is 35.5. The van der Waals surface area contributed by atoms with Crippen molar-refractivity contribution in [1.29, 1.82) is 0 Å². The van der Waals surface area contributed by atoms with E-state index in [1.54, 1.807) is 12.1 Å². The Balaban J connectivity index is 1.69. The molecule has 10 heteroatoms. The highest BCUT2D eigenvalue weighted by molar-refractivity contribution is 7.89. The summed E-state index contributed by atoms with van der Waals surface area (Å²) in [6.45, 7) is 2.88. The molecule has 0 unspecified atom stereocenters. The molecule has 1 amide bonds. The summed E-state index contributed by atoms with van der Waals surface area (Å²) < 4.78 is 46.2. The van der Waals surface area contributed by atoms with Gasteiger partial charge in [0.2, 0.25) is 10.0 Å². The minimum absolute atomic E-state index is 0.0164. The van der Waals surface area contributed by atoms with Crippen molar-refractivity contribution in [1.82, 2.24) is 4.31 Å². The van der Waals surface area contributed by atoms with Crippen molar-refractivity contribution < 1.29 is 22.3 Å². The highest BCUT2D eigenvalue weighted by Crippen LogP contribution is 2.33. The van der Waals surface area contributed by atoms with Crippen molar-refractivity contribution in [2.75, 3.05) is 49.6 Å². The number of benzene rings is 2. The summed E-state index contributed by atoms with van der Waals surface area (Å²) in [5.41, 5.74) is 1.23. The summed E-state index contributed by atoms with van der Waals surface area (Å²) >= 11 is 6.04. The normalized spacial score (nSPS) is 17.7. The molecule has 2 heterocycles. The van der Waals surface area contributed by atoms with Crippen LogP contribution < -0.4 is 10.2 Å². The van der Waals surface area contributed by atoms with Crippen LogP contribution in [0.25, 0.3) is 0 Å². The van der Waals surface area contributed by atoms with Crippen LogP contribution in [0.15, 0.2) is 41.3 Å². The van der Waals surface area contributed by atoms with E-state index in [0.717, 1.165) is 43.8 Å².